The molecule has 7 nitrogen and oxygen atoms in total. The van der Waals surface area contributed by atoms with Crippen LogP contribution in [0.4, 0.5) is 23.1 Å². The lowest BCUT2D eigenvalue weighted by atomic mass is 10.2. The first-order valence-corrected chi connectivity index (χ1v) is 8.49. The summed E-state index contributed by atoms with van der Waals surface area (Å²) in [4.78, 5) is 22.7. The average Bonchev–Trinajstić information content (AvgIpc) is 2.63. The Bertz CT molecular complexity index is 727. The number of carbonyl (C=O) groups excluding carboxylic acids is 1. The highest BCUT2D eigenvalue weighted by atomic mass is 16.5. The molecule has 7 heteroatoms. The Morgan fingerprint density at radius 1 is 1.16 bits per heavy atom. The molecule has 0 radical (unpaired) electrons. The largest absolute Gasteiger partial charge is 0.378 e. The minimum atomic E-state index is 0.00212. The zero-order valence-corrected chi connectivity index (χ0v) is 14.6. The number of nitrogens with zero attached hydrogens (tertiary/aromatic N) is 3. The second kappa shape index (κ2) is 7.94. The van der Waals surface area contributed by atoms with Crippen LogP contribution in [-0.2, 0) is 9.53 Å². The molecule has 25 heavy (non-hydrogen) atoms. The number of nitrogens with one attached hydrogen (secondary N) is 2. The van der Waals surface area contributed by atoms with Gasteiger partial charge >= 0.3 is 0 Å². The normalized spacial score (nSPS) is 14.2. The molecule has 1 saturated heterocycles. The van der Waals surface area contributed by atoms with Crippen LogP contribution in [0.1, 0.15) is 19.0 Å². The first-order valence-electron chi connectivity index (χ1n) is 8.49. The molecular weight excluding hydrogens is 318 g/mol. The van der Waals surface area contributed by atoms with Crippen molar-refractivity contribution >= 4 is 29.0 Å². The zero-order valence-electron chi connectivity index (χ0n) is 14.6. The summed E-state index contributed by atoms with van der Waals surface area (Å²) in [5, 5.41) is 6.13. The fourth-order valence-corrected chi connectivity index (χ4v) is 2.56. The van der Waals surface area contributed by atoms with Crippen molar-refractivity contribution in [1.29, 1.82) is 0 Å². The van der Waals surface area contributed by atoms with Crippen LogP contribution in [0.25, 0.3) is 0 Å². The van der Waals surface area contributed by atoms with Crippen LogP contribution in [-0.4, -0.2) is 42.2 Å². The number of aromatic nitrogens is 2. The van der Waals surface area contributed by atoms with E-state index >= 15 is 0 Å². The van der Waals surface area contributed by atoms with E-state index < -0.39 is 0 Å². The molecular formula is C18H23N5O2. The highest BCUT2D eigenvalue weighted by Gasteiger charge is 2.15. The van der Waals surface area contributed by atoms with E-state index in [1.54, 1.807) is 0 Å². The molecule has 1 aromatic carbocycles. The van der Waals surface area contributed by atoms with Crippen LogP contribution in [0.3, 0.4) is 0 Å². The minimum Gasteiger partial charge on any atom is -0.378 e. The maximum atomic E-state index is 11.4. The predicted octanol–water partition coefficient (Wildman–Crippen LogP) is 2.71. The molecule has 1 aliphatic rings. The van der Waals surface area contributed by atoms with Crippen molar-refractivity contribution in [1.82, 2.24) is 9.97 Å². The van der Waals surface area contributed by atoms with Gasteiger partial charge in [-0.2, -0.15) is 4.98 Å². The smallest absolute Gasteiger partial charge is 0.227 e. The number of aryl methyl sites for hydroxylation is 1. The standard InChI is InChI=1S/C18H23N5O2/c1-3-17(24)21-15-6-4-14(5-7-15)20-16-12-13(2)19-18(22-16)23-8-10-25-11-9-23/h4-7,12H,3,8-11H2,1-2H3,(H,21,24)(H,19,20,22). The summed E-state index contributed by atoms with van der Waals surface area (Å²) in [6.07, 6.45) is 0.463. The van der Waals surface area contributed by atoms with Crippen LogP contribution in [0.2, 0.25) is 0 Å². The molecule has 0 bridgehead atoms. The average molecular weight is 341 g/mol. The monoisotopic (exact) mass is 341 g/mol. The number of rotatable bonds is 5. The van der Waals surface area contributed by atoms with Gasteiger partial charge in [0.15, 0.2) is 0 Å². The first kappa shape index (κ1) is 17.2. The molecule has 2 heterocycles. The van der Waals surface area contributed by atoms with Crippen molar-refractivity contribution in [3.05, 3.63) is 36.0 Å². The van der Waals surface area contributed by atoms with Gasteiger partial charge in [0.2, 0.25) is 11.9 Å². The molecule has 0 atom stereocenters. The van der Waals surface area contributed by atoms with Crippen LogP contribution in [0.5, 0.6) is 0 Å². The molecule has 0 spiro atoms. The Labute approximate surface area is 147 Å². The first-order chi connectivity index (χ1) is 12.1. The highest BCUT2D eigenvalue weighted by Crippen LogP contribution is 2.20. The van der Waals surface area contributed by atoms with Crippen LogP contribution in [0, 0.1) is 6.92 Å². The van der Waals surface area contributed by atoms with Crippen LogP contribution in [0.15, 0.2) is 30.3 Å². The van der Waals surface area contributed by atoms with E-state index in [1.807, 2.05) is 44.2 Å². The van der Waals surface area contributed by atoms with Crippen LogP contribution < -0.4 is 15.5 Å². The predicted molar refractivity (Wildman–Crippen MR) is 98.4 cm³/mol. The van der Waals surface area contributed by atoms with Gasteiger partial charge in [0.05, 0.1) is 13.2 Å². The summed E-state index contributed by atoms with van der Waals surface area (Å²) in [7, 11) is 0. The van der Waals surface area contributed by atoms with E-state index in [0.29, 0.717) is 19.6 Å². The lowest BCUT2D eigenvalue weighted by molar-refractivity contribution is -0.115. The summed E-state index contributed by atoms with van der Waals surface area (Å²) in [5.41, 5.74) is 2.59. The second-order valence-corrected chi connectivity index (χ2v) is 5.90. The van der Waals surface area contributed by atoms with Crippen molar-refractivity contribution in [3.63, 3.8) is 0 Å². The van der Waals surface area contributed by atoms with E-state index in [2.05, 4.69) is 25.5 Å². The van der Waals surface area contributed by atoms with Gasteiger partial charge in [-0.05, 0) is 31.2 Å². The maximum Gasteiger partial charge on any atom is 0.227 e. The number of ether oxygens (including phenoxy) is 1. The number of amides is 1. The summed E-state index contributed by atoms with van der Waals surface area (Å²) >= 11 is 0. The molecule has 132 valence electrons. The van der Waals surface area contributed by atoms with E-state index in [1.165, 1.54) is 0 Å². The van der Waals surface area contributed by atoms with Crippen molar-refractivity contribution in [2.45, 2.75) is 20.3 Å². The number of carbonyl (C=O) groups is 1. The van der Waals surface area contributed by atoms with Gasteiger partial charge in [0, 0.05) is 42.6 Å². The highest BCUT2D eigenvalue weighted by molar-refractivity contribution is 5.90. The van der Waals surface area contributed by atoms with Gasteiger partial charge in [-0.1, -0.05) is 6.92 Å². The lowest BCUT2D eigenvalue weighted by Gasteiger charge is -2.27. The number of morpholine rings is 1. The van der Waals surface area contributed by atoms with Crippen molar-refractivity contribution in [2.24, 2.45) is 0 Å². The molecule has 0 aliphatic carbocycles. The SMILES string of the molecule is CCC(=O)Nc1ccc(Nc2cc(C)nc(N3CCOCC3)n2)cc1. The fraction of sp³-hybridized carbons (Fsp3) is 0.389. The second-order valence-electron chi connectivity index (χ2n) is 5.90. The molecule has 2 N–H and O–H groups in total. The Morgan fingerprint density at radius 2 is 1.84 bits per heavy atom. The van der Waals surface area contributed by atoms with Gasteiger partial charge in [-0.15, -0.1) is 0 Å². The summed E-state index contributed by atoms with van der Waals surface area (Å²) in [5.74, 6) is 1.47. The Morgan fingerprint density at radius 3 is 2.52 bits per heavy atom. The topological polar surface area (TPSA) is 79.4 Å². The third kappa shape index (κ3) is 4.67. The Hall–Kier alpha value is -2.67. The van der Waals surface area contributed by atoms with E-state index in [4.69, 9.17) is 4.74 Å². The molecule has 0 saturated carbocycles. The molecule has 1 aromatic heterocycles. The Kier molecular flexibility index (Phi) is 5.45. The van der Waals surface area contributed by atoms with Gasteiger partial charge < -0.3 is 20.3 Å². The van der Waals surface area contributed by atoms with Crippen molar-refractivity contribution in [2.75, 3.05) is 41.8 Å². The molecule has 1 fully saturated rings. The zero-order chi connectivity index (χ0) is 17.6. The molecule has 0 unspecified atom stereocenters. The van der Waals surface area contributed by atoms with Gasteiger partial charge in [0.25, 0.3) is 0 Å². The molecule has 1 amide bonds. The molecule has 1 aliphatic heterocycles. The van der Waals surface area contributed by atoms with E-state index in [9.17, 15) is 4.79 Å². The summed E-state index contributed by atoms with van der Waals surface area (Å²) < 4.78 is 5.38. The molecule has 2 aromatic rings. The summed E-state index contributed by atoms with van der Waals surface area (Å²) in [6, 6.07) is 9.48. The number of hydrogen-bond donors (Lipinski definition) is 2. The van der Waals surface area contributed by atoms with Gasteiger partial charge in [-0.3, -0.25) is 4.79 Å². The lowest BCUT2D eigenvalue weighted by Crippen LogP contribution is -2.37. The van der Waals surface area contributed by atoms with Gasteiger partial charge in [-0.25, -0.2) is 4.98 Å². The summed E-state index contributed by atoms with van der Waals surface area (Å²) in [6.45, 7) is 6.79. The van der Waals surface area contributed by atoms with E-state index in [0.717, 1.165) is 41.9 Å². The Balaban J connectivity index is 1.71. The van der Waals surface area contributed by atoms with Crippen molar-refractivity contribution in [3.8, 4) is 0 Å². The van der Waals surface area contributed by atoms with Crippen LogP contribution >= 0.6 is 0 Å². The third-order valence-electron chi connectivity index (χ3n) is 3.90. The maximum absolute atomic E-state index is 11.4. The van der Waals surface area contributed by atoms with E-state index in [-0.39, 0.29) is 5.91 Å². The number of anilines is 4. The quantitative estimate of drug-likeness (QED) is 0.870. The number of benzene rings is 1. The van der Waals surface area contributed by atoms with Gasteiger partial charge in [0.1, 0.15) is 5.82 Å². The molecule has 3 rings (SSSR count). The van der Waals surface area contributed by atoms with Crippen molar-refractivity contribution < 1.29 is 9.53 Å². The fourth-order valence-electron chi connectivity index (χ4n) is 2.56. The number of hydrogen-bond acceptors (Lipinski definition) is 6. The minimum absolute atomic E-state index is 0.00212. The third-order valence-corrected chi connectivity index (χ3v) is 3.90.